The van der Waals surface area contributed by atoms with E-state index in [1.807, 2.05) is 13.8 Å². The quantitative estimate of drug-likeness (QED) is 0.883. The Bertz CT molecular complexity index is 482. The van der Waals surface area contributed by atoms with Crippen LogP contribution < -0.4 is 4.74 Å². The summed E-state index contributed by atoms with van der Waals surface area (Å²) in [4.78, 5) is 24.1. The lowest BCUT2D eigenvalue weighted by atomic mass is 10.1. The van der Waals surface area contributed by atoms with E-state index in [0.717, 1.165) is 0 Å². The van der Waals surface area contributed by atoms with Gasteiger partial charge in [0.2, 0.25) is 0 Å². The van der Waals surface area contributed by atoms with Crippen LogP contribution in [0.5, 0.6) is 5.75 Å². The molecular weight excluding hydrogens is 246 g/mol. The van der Waals surface area contributed by atoms with Crippen LogP contribution in [0.3, 0.4) is 0 Å². The minimum absolute atomic E-state index is 0.0536. The predicted molar refractivity (Wildman–Crippen MR) is 71.5 cm³/mol. The monoisotopic (exact) mass is 265 g/mol. The normalized spacial score (nSPS) is 10.4. The number of nitrogens with zero attached hydrogens (tertiary/aromatic N) is 1. The molecule has 0 aliphatic carbocycles. The first-order valence-electron chi connectivity index (χ1n) is 6.05. The third kappa shape index (κ3) is 3.98. The van der Waals surface area contributed by atoms with Crippen LogP contribution in [0, 0.1) is 6.92 Å². The highest BCUT2D eigenvalue weighted by Gasteiger charge is 2.13. The number of carboxylic acid groups (broad SMARTS) is 1. The number of aromatic carboxylic acids is 1. The van der Waals surface area contributed by atoms with Crippen molar-refractivity contribution in [3.8, 4) is 5.75 Å². The Hall–Kier alpha value is -2.04. The van der Waals surface area contributed by atoms with Crippen molar-refractivity contribution in [3.63, 3.8) is 0 Å². The highest BCUT2D eigenvalue weighted by molar-refractivity contribution is 5.88. The Balaban J connectivity index is 2.69. The van der Waals surface area contributed by atoms with Gasteiger partial charge in [-0.1, -0.05) is 0 Å². The summed E-state index contributed by atoms with van der Waals surface area (Å²) in [6.07, 6.45) is 0. The van der Waals surface area contributed by atoms with Gasteiger partial charge in [0.1, 0.15) is 5.75 Å². The Kier molecular flexibility index (Phi) is 4.92. The van der Waals surface area contributed by atoms with Gasteiger partial charge in [0.25, 0.3) is 5.91 Å². The van der Waals surface area contributed by atoms with Crippen molar-refractivity contribution < 1.29 is 19.4 Å². The zero-order valence-corrected chi connectivity index (χ0v) is 11.6. The second-order valence-corrected chi connectivity index (χ2v) is 4.67. The second-order valence-electron chi connectivity index (χ2n) is 4.67. The number of likely N-dealkylation sites (N-methyl/N-ethyl adjacent to an activating group) is 1. The molecule has 0 unspecified atom stereocenters. The van der Waals surface area contributed by atoms with Gasteiger partial charge < -0.3 is 14.7 Å². The van der Waals surface area contributed by atoms with Crippen LogP contribution in [-0.4, -0.2) is 41.6 Å². The third-order valence-electron chi connectivity index (χ3n) is 2.94. The summed E-state index contributed by atoms with van der Waals surface area (Å²) in [6.45, 7) is 5.54. The van der Waals surface area contributed by atoms with E-state index in [1.165, 1.54) is 12.1 Å². The van der Waals surface area contributed by atoms with Gasteiger partial charge >= 0.3 is 5.97 Å². The lowest BCUT2D eigenvalue weighted by Gasteiger charge is -2.21. The molecule has 1 aromatic rings. The van der Waals surface area contributed by atoms with E-state index in [1.54, 1.807) is 24.9 Å². The smallest absolute Gasteiger partial charge is 0.335 e. The van der Waals surface area contributed by atoms with Crippen LogP contribution in [0.1, 0.15) is 29.8 Å². The topological polar surface area (TPSA) is 66.8 Å². The molecule has 19 heavy (non-hydrogen) atoms. The molecule has 0 fully saturated rings. The van der Waals surface area contributed by atoms with E-state index in [9.17, 15) is 9.59 Å². The number of benzene rings is 1. The van der Waals surface area contributed by atoms with Gasteiger partial charge in [-0.3, -0.25) is 4.79 Å². The maximum Gasteiger partial charge on any atom is 0.335 e. The summed E-state index contributed by atoms with van der Waals surface area (Å²) in [7, 11) is 1.72. The fourth-order valence-electron chi connectivity index (χ4n) is 1.47. The minimum Gasteiger partial charge on any atom is -0.483 e. The van der Waals surface area contributed by atoms with Gasteiger partial charge in [0.05, 0.1) is 5.56 Å². The molecule has 5 nitrogen and oxygen atoms in total. The van der Waals surface area contributed by atoms with Crippen LogP contribution in [0.15, 0.2) is 18.2 Å². The van der Waals surface area contributed by atoms with Gasteiger partial charge in [-0.05, 0) is 44.5 Å². The molecule has 1 amide bonds. The first-order chi connectivity index (χ1) is 8.82. The highest BCUT2D eigenvalue weighted by Crippen LogP contribution is 2.19. The van der Waals surface area contributed by atoms with Crippen LogP contribution in [0.25, 0.3) is 0 Å². The van der Waals surface area contributed by atoms with Crippen molar-refractivity contribution in [3.05, 3.63) is 29.3 Å². The number of ether oxygens (including phenoxy) is 1. The standard InChI is InChI=1S/C14H19NO4/c1-9(2)15(4)13(16)8-19-12-6-5-11(14(17)18)7-10(12)3/h5-7,9H,8H2,1-4H3,(H,17,18). The van der Waals surface area contributed by atoms with E-state index in [0.29, 0.717) is 11.3 Å². The van der Waals surface area contributed by atoms with Crippen molar-refractivity contribution in [1.29, 1.82) is 0 Å². The molecule has 1 aromatic carbocycles. The van der Waals surface area contributed by atoms with Gasteiger partial charge in [0.15, 0.2) is 6.61 Å². The summed E-state index contributed by atoms with van der Waals surface area (Å²) in [5, 5.41) is 8.85. The minimum atomic E-state index is -0.981. The summed E-state index contributed by atoms with van der Waals surface area (Å²) < 4.78 is 5.42. The average Bonchev–Trinajstić information content (AvgIpc) is 2.35. The second kappa shape index (κ2) is 6.22. The summed E-state index contributed by atoms with van der Waals surface area (Å²) in [6, 6.07) is 4.67. The Morgan fingerprint density at radius 1 is 1.37 bits per heavy atom. The van der Waals surface area contributed by atoms with E-state index in [-0.39, 0.29) is 24.1 Å². The molecule has 104 valence electrons. The molecule has 0 atom stereocenters. The average molecular weight is 265 g/mol. The van der Waals surface area contributed by atoms with Crippen molar-refractivity contribution in [2.45, 2.75) is 26.8 Å². The van der Waals surface area contributed by atoms with Gasteiger partial charge in [-0.15, -0.1) is 0 Å². The van der Waals surface area contributed by atoms with Gasteiger partial charge in [-0.2, -0.15) is 0 Å². The fraction of sp³-hybridized carbons (Fsp3) is 0.429. The van der Waals surface area contributed by atoms with E-state index < -0.39 is 5.97 Å². The molecule has 5 heteroatoms. The number of carboxylic acids is 1. The van der Waals surface area contributed by atoms with Crippen LogP contribution >= 0.6 is 0 Å². The molecule has 1 N–H and O–H groups in total. The molecule has 0 saturated carbocycles. The zero-order valence-electron chi connectivity index (χ0n) is 11.6. The lowest BCUT2D eigenvalue weighted by Crippen LogP contribution is -2.36. The Morgan fingerprint density at radius 2 is 2.00 bits per heavy atom. The van der Waals surface area contributed by atoms with Crippen molar-refractivity contribution in [2.75, 3.05) is 13.7 Å². The Morgan fingerprint density at radius 3 is 2.47 bits per heavy atom. The number of amides is 1. The molecule has 0 bridgehead atoms. The molecule has 0 saturated heterocycles. The molecule has 1 rings (SSSR count). The predicted octanol–water partition coefficient (Wildman–Crippen LogP) is 1.94. The van der Waals surface area contributed by atoms with Crippen molar-refractivity contribution in [2.24, 2.45) is 0 Å². The number of hydrogen-bond donors (Lipinski definition) is 1. The number of carbonyl (C=O) groups is 2. The number of hydrogen-bond acceptors (Lipinski definition) is 3. The molecule has 0 aliphatic heterocycles. The SMILES string of the molecule is Cc1cc(C(=O)O)ccc1OCC(=O)N(C)C(C)C. The fourth-order valence-corrected chi connectivity index (χ4v) is 1.47. The number of rotatable bonds is 5. The molecule has 0 aromatic heterocycles. The first-order valence-corrected chi connectivity index (χ1v) is 6.05. The summed E-state index contributed by atoms with van der Waals surface area (Å²) in [5.74, 6) is -0.572. The maximum absolute atomic E-state index is 11.8. The molecular formula is C14H19NO4. The third-order valence-corrected chi connectivity index (χ3v) is 2.94. The molecule has 0 radical (unpaired) electrons. The number of carbonyl (C=O) groups excluding carboxylic acids is 1. The maximum atomic E-state index is 11.8. The first kappa shape index (κ1) is 15.0. The van der Waals surface area contributed by atoms with Crippen LogP contribution in [-0.2, 0) is 4.79 Å². The largest absolute Gasteiger partial charge is 0.483 e. The summed E-state index contributed by atoms with van der Waals surface area (Å²) in [5.41, 5.74) is 0.898. The molecule has 0 spiro atoms. The van der Waals surface area contributed by atoms with E-state index >= 15 is 0 Å². The van der Waals surface area contributed by atoms with Crippen LogP contribution in [0.4, 0.5) is 0 Å². The van der Waals surface area contributed by atoms with E-state index in [2.05, 4.69) is 0 Å². The summed E-state index contributed by atoms with van der Waals surface area (Å²) >= 11 is 0. The molecule has 0 heterocycles. The lowest BCUT2D eigenvalue weighted by molar-refractivity contribution is -0.133. The number of aryl methyl sites for hydroxylation is 1. The van der Waals surface area contributed by atoms with Gasteiger partial charge in [0, 0.05) is 13.1 Å². The van der Waals surface area contributed by atoms with E-state index in [4.69, 9.17) is 9.84 Å². The zero-order chi connectivity index (χ0) is 14.6. The highest BCUT2D eigenvalue weighted by atomic mass is 16.5. The van der Waals surface area contributed by atoms with Gasteiger partial charge in [-0.25, -0.2) is 4.79 Å². The molecule has 0 aliphatic rings. The van der Waals surface area contributed by atoms with Crippen molar-refractivity contribution >= 4 is 11.9 Å². The van der Waals surface area contributed by atoms with Crippen LogP contribution in [0.2, 0.25) is 0 Å². The Labute approximate surface area is 112 Å². The van der Waals surface area contributed by atoms with Crippen molar-refractivity contribution in [1.82, 2.24) is 4.90 Å².